The summed E-state index contributed by atoms with van der Waals surface area (Å²) in [5.74, 6) is 0. The summed E-state index contributed by atoms with van der Waals surface area (Å²) < 4.78 is 0. The number of nitrogens with zero attached hydrogens (tertiary/aromatic N) is 3. The number of aryl methyl sites for hydroxylation is 2. The van der Waals surface area contributed by atoms with Crippen LogP contribution in [0.5, 0.6) is 0 Å². The second-order valence-corrected chi connectivity index (χ2v) is 10.1. The molecule has 40 heavy (non-hydrogen) atoms. The number of hydrogen-bond donors (Lipinski definition) is 0. The maximum Gasteiger partial charge on any atom is 0.0966 e. The lowest BCUT2D eigenvalue weighted by Crippen LogP contribution is -2.12. The highest BCUT2D eigenvalue weighted by Crippen LogP contribution is 2.32. The number of pyridine rings is 1. The van der Waals surface area contributed by atoms with Crippen LogP contribution in [0.3, 0.4) is 0 Å². The van der Waals surface area contributed by atoms with E-state index in [2.05, 4.69) is 26.0 Å². The molecule has 0 spiro atoms. The van der Waals surface area contributed by atoms with Crippen molar-refractivity contribution >= 4 is 46.0 Å². The van der Waals surface area contributed by atoms with Crippen molar-refractivity contribution in [3.05, 3.63) is 159 Å². The third kappa shape index (κ3) is 6.07. The smallest absolute Gasteiger partial charge is 0.0966 e. The van der Waals surface area contributed by atoms with Crippen LogP contribution in [0.1, 0.15) is 47.5 Å². The van der Waals surface area contributed by atoms with Crippen LogP contribution in [0.2, 0.25) is 10.0 Å². The molecular weight excluding hydrogens is 533 g/mol. The summed E-state index contributed by atoms with van der Waals surface area (Å²) in [4.78, 5) is 15.4. The molecule has 0 aliphatic heterocycles. The van der Waals surface area contributed by atoms with E-state index in [4.69, 9.17) is 38.2 Å². The molecule has 5 rings (SSSR count). The van der Waals surface area contributed by atoms with E-state index in [1.54, 1.807) is 0 Å². The molecule has 0 unspecified atom stereocenters. The Morgan fingerprint density at radius 2 is 0.925 bits per heavy atom. The molecule has 198 valence electrons. The summed E-state index contributed by atoms with van der Waals surface area (Å²) in [6.07, 6.45) is 1.63. The first kappa shape index (κ1) is 27.5. The predicted octanol–water partition coefficient (Wildman–Crippen LogP) is 9.85. The molecule has 0 radical (unpaired) electrons. The van der Waals surface area contributed by atoms with Gasteiger partial charge in [-0.25, -0.2) is 15.0 Å². The molecule has 0 atom stereocenters. The Hall–Kier alpha value is -4.05. The van der Waals surface area contributed by atoms with Crippen LogP contribution in [0.15, 0.2) is 125 Å². The van der Waals surface area contributed by atoms with E-state index in [9.17, 15) is 0 Å². The highest BCUT2D eigenvalue weighted by Gasteiger charge is 2.17. The number of aliphatic imine (C=N–C) groups is 2. The number of halogens is 2. The van der Waals surface area contributed by atoms with Gasteiger partial charge in [0.25, 0.3) is 0 Å². The third-order valence-corrected chi connectivity index (χ3v) is 7.29. The van der Waals surface area contributed by atoms with Crippen LogP contribution in [0.4, 0.5) is 11.4 Å². The van der Waals surface area contributed by atoms with Gasteiger partial charge in [0.2, 0.25) is 0 Å². The van der Waals surface area contributed by atoms with E-state index < -0.39 is 0 Å². The predicted molar refractivity (Wildman–Crippen MR) is 169 cm³/mol. The standard InChI is InChI=1S/C35H29Cl2N3/c1-3-24-18-11-20-28(36)32(24)39-34(26-14-7-5-8-15-26)30-22-13-23-31(38-30)35(27-16-9-6-10-17-27)40-33-25(4-2)19-12-21-29(33)37/h5-23H,3-4H2,1-2H3/b39-34+,40-35+. The lowest BCUT2D eigenvalue weighted by atomic mass is 10.0. The second kappa shape index (κ2) is 12.9. The van der Waals surface area contributed by atoms with Gasteiger partial charge in [0.1, 0.15) is 0 Å². The van der Waals surface area contributed by atoms with Crippen LogP contribution in [0.25, 0.3) is 0 Å². The number of aromatic nitrogens is 1. The summed E-state index contributed by atoms with van der Waals surface area (Å²) in [5.41, 5.74) is 8.52. The van der Waals surface area contributed by atoms with Crippen molar-refractivity contribution in [2.24, 2.45) is 9.98 Å². The van der Waals surface area contributed by atoms with Crippen molar-refractivity contribution < 1.29 is 0 Å². The Bertz CT molecular complexity index is 1550. The third-order valence-electron chi connectivity index (χ3n) is 6.68. The second-order valence-electron chi connectivity index (χ2n) is 9.26. The van der Waals surface area contributed by atoms with Gasteiger partial charge in [0.15, 0.2) is 0 Å². The van der Waals surface area contributed by atoms with Crippen LogP contribution in [-0.4, -0.2) is 16.4 Å². The Kier molecular flexibility index (Phi) is 8.85. The van der Waals surface area contributed by atoms with Gasteiger partial charge >= 0.3 is 0 Å². The van der Waals surface area contributed by atoms with E-state index in [0.29, 0.717) is 10.0 Å². The maximum absolute atomic E-state index is 6.66. The molecule has 1 heterocycles. The normalized spacial score (nSPS) is 12.0. The van der Waals surface area contributed by atoms with Gasteiger partial charge in [-0.2, -0.15) is 0 Å². The Labute approximate surface area is 245 Å². The fourth-order valence-electron chi connectivity index (χ4n) is 4.59. The van der Waals surface area contributed by atoms with Crippen molar-refractivity contribution in [1.82, 2.24) is 4.98 Å². The Morgan fingerprint density at radius 1 is 0.525 bits per heavy atom. The monoisotopic (exact) mass is 561 g/mol. The Balaban J connectivity index is 1.73. The fourth-order valence-corrected chi connectivity index (χ4v) is 5.07. The Morgan fingerprint density at radius 3 is 1.32 bits per heavy atom. The van der Waals surface area contributed by atoms with Crippen molar-refractivity contribution in [3.8, 4) is 0 Å². The molecule has 0 bridgehead atoms. The van der Waals surface area contributed by atoms with Crippen molar-refractivity contribution in [1.29, 1.82) is 0 Å². The lowest BCUT2D eigenvalue weighted by molar-refractivity contribution is 1.13. The lowest BCUT2D eigenvalue weighted by Gasteiger charge is -2.13. The average molecular weight is 563 g/mol. The first-order valence-corrected chi connectivity index (χ1v) is 14.2. The molecule has 0 aliphatic rings. The zero-order chi connectivity index (χ0) is 27.9. The van der Waals surface area contributed by atoms with Gasteiger partial charge in [-0.1, -0.05) is 128 Å². The highest BCUT2D eigenvalue weighted by atomic mass is 35.5. The molecule has 3 nitrogen and oxygen atoms in total. The summed E-state index contributed by atoms with van der Waals surface area (Å²) in [5, 5.41) is 1.22. The molecule has 0 fully saturated rings. The summed E-state index contributed by atoms with van der Waals surface area (Å²) in [6.45, 7) is 4.21. The van der Waals surface area contributed by atoms with E-state index in [1.165, 1.54) is 0 Å². The van der Waals surface area contributed by atoms with Gasteiger partial charge in [-0.05, 0) is 48.2 Å². The van der Waals surface area contributed by atoms with E-state index in [0.717, 1.165) is 69.3 Å². The molecule has 5 heteroatoms. The molecular formula is C35H29Cl2N3. The summed E-state index contributed by atoms with van der Waals surface area (Å²) >= 11 is 13.3. The van der Waals surface area contributed by atoms with Crippen LogP contribution < -0.4 is 0 Å². The maximum atomic E-state index is 6.66. The molecule has 1 aromatic heterocycles. The van der Waals surface area contributed by atoms with Gasteiger partial charge in [-0.15, -0.1) is 0 Å². The minimum absolute atomic E-state index is 0.612. The molecule has 0 amide bonds. The topological polar surface area (TPSA) is 37.6 Å². The van der Waals surface area contributed by atoms with Crippen LogP contribution in [0, 0.1) is 0 Å². The quantitative estimate of drug-likeness (QED) is 0.174. The minimum Gasteiger partial charge on any atom is -0.244 e. The van der Waals surface area contributed by atoms with Crippen molar-refractivity contribution in [2.45, 2.75) is 26.7 Å². The van der Waals surface area contributed by atoms with E-state index >= 15 is 0 Å². The molecule has 4 aromatic carbocycles. The minimum atomic E-state index is 0.612. The van der Waals surface area contributed by atoms with Crippen molar-refractivity contribution in [3.63, 3.8) is 0 Å². The number of hydrogen-bond acceptors (Lipinski definition) is 3. The SMILES string of the molecule is CCc1cccc(Cl)c1/N=C(\c1ccccc1)c1cccc(/C(=N/c2c(Cl)cccc2CC)c2ccccc2)n1. The zero-order valence-electron chi connectivity index (χ0n) is 22.5. The highest BCUT2D eigenvalue weighted by molar-refractivity contribution is 6.34. The summed E-state index contributed by atoms with van der Waals surface area (Å²) in [7, 11) is 0. The average Bonchev–Trinajstić information content (AvgIpc) is 3.00. The van der Waals surface area contributed by atoms with Gasteiger partial charge in [-0.3, -0.25) is 0 Å². The number of para-hydroxylation sites is 2. The molecule has 0 saturated carbocycles. The first-order valence-electron chi connectivity index (χ1n) is 13.4. The van der Waals surface area contributed by atoms with E-state index in [1.807, 2.05) is 103 Å². The van der Waals surface area contributed by atoms with Gasteiger partial charge in [0.05, 0.1) is 44.2 Å². The van der Waals surface area contributed by atoms with Gasteiger partial charge in [0, 0.05) is 11.1 Å². The first-order chi connectivity index (χ1) is 19.6. The molecule has 5 aromatic rings. The van der Waals surface area contributed by atoms with E-state index in [-0.39, 0.29) is 0 Å². The molecule has 0 N–H and O–H groups in total. The number of rotatable bonds is 8. The van der Waals surface area contributed by atoms with Gasteiger partial charge < -0.3 is 0 Å². The fraction of sp³-hybridized carbons (Fsp3) is 0.114. The molecule has 0 saturated heterocycles. The van der Waals surface area contributed by atoms with Crippen LogP contribution in [-0.2, 0) is 12.8 Å². The molecule has 0 aliphatic carbocycles. The van der Waals surface area contributed by atoms with Crippen LogP contribution >= 0.6 is 23.2 Å². The number of benzene rings is 4. The summed E-state index contributed by atoms with van der Waals surface area (Å²) in [6, 6.07) is 37.9. The van der Waals surface area contributed by atoms with Crippen molar-refractivity contribution in [2.75, 3.05) is 0 Å². The largest absolute Gasteiger partial charge is 0.244 e. The zero-order valence-corrected chi connectivity index (χ0v) is 24.0.